The topological polar surface area (TPSA) is 210 Å². The molecule has 2 aromatic rings. The molecule has 4 unspecified atom stereocenters. The van der Waals surface area contributed by atoms with Gasteiger partial charge >= 0.3 is 36.1 Å². The molecule has 0 spiro atoms. The van der Waals surface area contributed by atoms with Gasteiger partial charge in [-0.15, -0.1) is 0 Å². The number of rotatable bonds is 7. The number of hydrogen-bond donors (Lipinski definition) is 4. The first-order chi connectivity index (χ1) is 26.2. The highest BCUT2D eigenvalue weighted by Crippen LogP contribution is 2.16. The second-order valence-corrected chi connectivity index (χ2v) is 15.2. The zero-order valence-corrected chi connectivity index (χ0v) is 33.6. The van der Waals surface area contributed by atoms with E-state index in [1.807, 2.05) is 51.3 Å². The Hall–Kier alpha value is -5.22. The van der Waals surface area contributed by atoms with Crippen LogP contribution in [0.2, 0.25) is 0 Å². The van der Waals surface area contributed by atoms with Gasteiger partial charge in [0.2, 0.25) is 12.2 Å². The summed E-state index contributed by atoms with van der Waals surface area (Å²) < 4.78 is 20.2. The first-order valence-electron chi connectivity index (χ1n) is 18.6. The number of aliphatic carboxylic acids is 2. The van der Waals surface area contributed by atoms with Gasteiger partial charge in [-0.2, -0.15) is 0 Å². The van der Waals surface area contributed by atoms with Gasteiger partial charge in [-0.05, 0) is 106 Å². The molecule has 2 heterocycles. The Bertz CT molecular complexity index is 1460. The Labute approximate surface area is 328 Å². The molecule has 0 bridgehead atoms. The summed E-state index contributed by atoms with van der Waals surface area (Å²) in [5.41, 5.74) is -0.762. The van der Waals surface area contributed by atoms with Crippen molar-refractivity contribution in [2.45, 2.75) is 104 Å². The van der Waals surface area contributed by atoms with Crippen LogP contribution in [0.4, 0.5) is 9.59 Å². The molecule has 2 fully saturated rings. The highest BCUT2D eigenvalue weighted by Gasteiger charge is 2.41. The van der Waals surface area contributed by atoms with Gasteiger partial charge in [0.25, 0.3) is 0 Å². The SMILES string of the molecule is CC1CCNCCN1C(=O)OC(C)(C)C.CC1CCNCCN1C(=O)OC(C)(C)C.O=C(OC(C(=O)O)C(OC(=O)c1ccccc1)C(=O)O)c1ccccc1. The molecule has 2 aromatic carbocycles. The van der Waals surface area contributed by atoms with E-state index in [1.54, 1.807) is 12.1 Å². The summed E-state index contributed by atoms with van der Waals surface area (Å²) in [7, 11) is 0. The lowest BCUT2D eigenvalue weighted by Crippen LogP contribution is -2.45. The summed E-state index contributed by atoms with van der Waals surface area (Å²) in [6, 6.07) is 15.4. The van der Waals surface area contributed by atoms with E-state index in [9.17, 15) is 39.0 Å². The van der Waals surface area contributed by atoms with Crippen LogP contribution in [-0.4, -0.2) is 131 Å². The number of nitrogens with one attached hydrogen (secondary N) is 2. The average Bonchev–Trinajstić information content (AvgIpc) is 3.48. The lowest BCUT2D eigenvalue weighted by atomic mass is 10.1. The van der Waals surface area contributed by atoms with Gasteiger partial charge < -0.3 is 49.6 Å². The highest BCUT2D eigenvalue weighted by molar-refractivity contribution is 5.95. The highest BCUT2D eigenvalue weighted by atomic mass is 16.6. The molecule has 0 aliphatic carbocycles. The number of carbonyl (C=O) groups excluding carboxylic acids is 4. The van der Waals surface area contributed by atoms with E-state index in [0.717, 1.165) is 52.1 Å². The third-order valence-electron chi connectivity index (χ3n) is 8.11. The van der Waals surface area contributed by atoms with E-state index < -0.39 is 47.3 Å². The predicted molar refractivity (Wildman–Crippen MR) is 206 cm³/mol. The summed E-state index contributed by atoms with van der Waals surface area (Å²) in [4.78, 5) is 74.2. The van der Waals surface area contributed by atoms with Gasteiger partial charge in [0, 0.05) is 38.3 Å². The second-order valence-electron chi connectivity index (χ2n) is 15.2. The van der Waals surface area contributed by atoms with Gasteiger partial charge in [-0.3, -0.25) is 0 Å². The fraction of sp³-hybridized carbons (Fsp3) is 0.550. The van der Waals surface area contributed by atoms with E-state index in [2.05, 4.69) is 24.5 Å². The number of amides is 2. The minimum Gasteiger partial charge on any atom is -0.478 e. The van der Waals surface area contributed by atoms with Crippen LogP contribution in [0.1, 0.15) is 88.9 Å². The van der Waals surface area contributed by atoms with Crippen molar-refractivity contribution in [3.8, 4) is 0 Å². The monoisotopic (exact) mass is 786 g/mol. The normalized spacial score (nSPS) is 18.4. The van der Waals surface area contributed by atoms with Gasteiger partial charge in [0.15, 0.2) is 0 Å². The molecule has 0 aromatic heterocycles. The van der Waals surface area contributed by atoms with Crippen molar-refractivity contribution < 1.29 is 57.9 Å². The summed E-state index contributed by atoms with van der Waals surface area (Å²) in [5.74, 6) is -5.63. The molecule has 4 atom stereocenters. The van der Waals surface area contributed by atoms with Crippen molar-refractivity contribution in [3.63, 3.8) is 0 Å². The number of esters is 2. The molecule has 2 aliphatic heterocycles. The summed E-state index contributed by atoms with van der Waals surface area (Å²) in [6.45, 7) is 20.6. The summed E-state index contributed by atoms with van der Waals surface area (Å²) in [6.07, 6.45) is -2.85. The van der Waals surface area contributed by atoms with Gasteiger partial charge in [-0.25, -0.2) is 28.8 Å². The lowest BCUT2D eigenvalue weighted by Gasteiger charge is -2.30. The Kier molecular flexibility index (Phi) is 18.7. The Morgan fingerprint density at radius 3 is 1.20 bits per heavy atom. The molecule has 16 heteroatoms. The first-order valence-corrected chi connectivity index (χ1v) is 18.6. The number of benzene rings is 2. The molecule has 56 heavy (non-hydrogen) atoms. The van der Waals surface area contributed by atoms with Crippen LogP contribution in [0.15, 0.2) is 60.7 Å². The smallest absolute Gasteiger partial charge is 0.410 e. The minimum atomic E-state index is -2.21. The Morgan fingerprint density at radius 2 is 0.911 bits per heavy atom. The molecule has 4 rings (SSSR count). The fourth-order valence-corrected chi connectivity index (χ4v) is 5.21. The Balaban J connectivity index is 0.000000310. The van der Waals surface area contributed by atoms with E-state index in [-0.39, 0.29) is 35.4 Å². The summed E-state index contributed by atoms with van der Waals surface area (Å²) in [5, 5.41) is 25.0. The van der Waals surface area contributed by atoms with Crippen LogP contribution in [-0.2, 0) is 28.5 Å². The lowest BCUT2D eigenvalue weighted by molar-refractivity contribution is -0.166. The first kappa shape index (κ1) is 46.9. The number of hydrogen-bond acceptors (Lipinski definition) is 12. The number of carboxylic acid groups (broad SMARTS) is 2. The number of ether oxygens (including phenoxy) is 4. The molecule has 2 amide bonds. The van der Waals surface area contributed by atoms with Crippen molar-refractivity contribution >= 4 is 36.1 Å². The third-order valence-corrected chi connectivity index (χ3v) is 8.11. The largest absolute Gasteiger partial charge is 0.478 e. The Morgan fingerprint density at radius 1 is 0.589 bits per heavy atom. The van der Waals surface area contributed by atoms with Crippen molar-refractivity contribution in [1.82, 2.24) is 20.4 Å². The van der Waals surface area contributed by atoms with Crippen LogP contribution >= 0.6 is 0 Å². The van der Waals surface area contributed by atoms with E-state index >= 15 is 0 Å². The number of carbonyl (C=O) groups is 6. The molecule has 16 nitrogen and oxygen atoms in total. The predicted octanol–water partition coefficient (Wildman–Crippen LogP) is 4.82. The number of carboxylic acids is 2. The molecule has 2 aliphatic rings. The molecular weight excluding hydrogens is 728 g/mol. The van der Waals surface area contributed by atoms with Crippen LogP contribution in [0.5, 0.6) is 0 Å². The zero-order valence-electron chi connectivity index (χ0n) is 33.6. The molecule has 0 saturated carbocycles. The zero-order chi connectivity index (χ0) is 42.1. The fourth-order valence-electron chi connectivity index (χ4n) is 5.21. The van der Waals surface area contributed by atoms with Crippen LogP contribution < -0.4 is 10.6 Å². The van der Waals surface area contributed by atoms with Gasteiger partial charge in [0.05, 0.1) is 11.1 Å². The standard InChI is InChI=1S/C18H14O8.2C11H22N2O2/c19-15(20)13(25-17(23)11-7-3-1-4-8-11)14(16(21)22)26-18(24)12-9-5-2-6-10-12;2*1-9-5-6-12-7-8-13(9)10(14)15-11(2,3)4/h1-10,13-14H,(H,19,20)(H,21,22);2*9,12H,5-8H2,1-4H3. The van der Waals surface area contributed by atoms with E-state index in [0.29, 0.717) is 0 Å². The molecule has 0 radical (unpaired) electrons. The van der Waals surface area contributed by atoms with E-state index in [4.69, 9.17) is 18.9 Å². The maximum atomic E-state index is 12.0. The quantitative estimate of drug-likeness (QED) is 0.219. The second kappa shape index (κ2) is 22.4. The van der Waals surface area contributed by atoms with Crippen molar-refractivity contribution in [2.24, 2.45) is 0 Å². The summed E-state index contributed by atoms with van der Waals surface area (Å²) >= 11 is 0. The van der Waals surface area contributed by atoms with Crippen LogP contribution in [0, 0.1) is 0 Å². The average molecular weight is 787 g/mol. The number of nitrogens with zero attached hydrogens (tertiary/aromatic N) is 2. The third kappa shape index (κ3) is 17.1. The maximum absolute atomic E-state index is 12.0. The van der Waals surface area contributed by atoms with Gasteiger partial charge in [-0.1, -0.05) is 36.4 Å². The van der Waals surface area contributed by atoms with Crippen molar-refractivity contribution in [3.05, 3.63) is 71.8 Å². The molecule has 2 saturated heterocycles. The minimum absolute atomic E-state index is 0.0253. The molecule has 4 N–H and O–H groups in total. The van der Waals surface area contributed by atoms with Crippen LogP contribution in [0.25, 0.3) is 0 Å². The molecular formula is C40H58N4O12. The van der Waals surface area contributed by atoms with Crippen molar-refractivity contribution in [2.75, 3.05) is 39.3 Å². The maximum Gasteiger partial charge on any atom is 0.410 e. The van der Waals surface area contributed by atoms with Crippen molar-refractivity contribution in [1.29, 1.82) is 0 Å². The van der Waals surface area contributed by atoms with Crippen LogP contribution in [0.3, 0.4) is 0 Å². The molecule has 310 valence electrons. The van der Waals surface area contributed by atoms with E-state index in [1.165, 1.54) is 48.5 Å². The van der Waals surface area contributed by atoms with Gasteiger partial charge in [0.1, 0.15) is 11.2 Å².